The molecule has 5 nitrogen and oxygen atoms in total. The van der Waals surface area contributed by atoms with Crippen LogP contribution in [0.3, 0.4) is 0 Å². The second kappa shape index (κ2) is 7.17. The summed E-state index contributed by atoms with van der Waals surface area (Å²) < 4.78 is 45.4. The number of aromatic nitrogens is 1. The third kappa shape index (κ3) is 3.77. The predicted octanol–water partition coefficient (Wildman–Crippen LogP) is 6.68. The Morgan fingerprint density at radius 3 is 2.41 bits per heavy atom. The van der Waals surface area contributed by atoms with Crippen molar-refractivity contribution in [2.75, 3.05) is 0 Å². The monoisotopic (exact) mass is 416 g/mol. The number of fused-ring (bicyclic) bond motifs is 1. The van der Waals surface area contributed by atoms with Crippen LogP contribution in [-0.4, -0.2) is 9.91 Å². The minimum atomic E-state index is -4.69. The number of halogens is 3. The largest absolute Gasteiger partial charge is 0.449 e. The van der Waals surface area contributed by atoms with Gasteiger partial charge in [0.25, 0.3) is 0 Å². The summed E-state index contributed by atoms with van der Waals surface area (Å²) in [6.45, 7) is 0. The second-order valence-corrected chi connectivity index (χ2v) is 7.05. The lowest BCUT2D eigenvalue weighted by molar-refractivity contribution is -0.385. The van der Waals surface area contributed by atoms with Crippen molar-refractivity contribution in [1.29, 1.82) is 0 Å². The van der Waals surface area contributed by atoms with E-state index in [4.69, 9.17) is 4.74 Å². The van der Waals surface area contributed by atoms with E-state index in [1.807, 2.05) is 24.3 Å². The number of ether oxygens (including phenoxy) is 1. The molecule has 0 bridgehead atoms. The van der Waals surface area contributed by atoms with Gasteiger partial charge in [-0.05, 0) is 36.4 Å². The topological polar surface area (TPSA) is 65.3 Å². The zero-order valence-corrected chi connectivity index (χ0v) is 15.3. The highest BCUT2D eigenvalue weighted by atomic mass is 32.1. The molecule has 0 saturated heterocycles. The molecule has 0 spiro atoms. The normalized spacial score (nSPS) is 11.6. The zero-order valence-electron chi connectivity index (χ0n) is 14.5. The van der Waals surface area contributed by atoms with Gasteiger partial charge in [0.15, 0.2) is 0 Å². The molecule has 0 aliphatic carbocycles. The highest BCUT2D eigenvalue weighted by Crippen LogP contribution is 2.41. The fourth-order valence-corrected chi connectivity index (χ4v) is 3.76. The van der Waals surface area contributed by atoms with E-state index in [1.54, 1.807) is 24.3 Å². The minimum Gasteiger partial charge on any atom is -0.449 e. The number of nitro benzene ring substituents is 1. The fourth-order valence-electron chi connectivity index (χ4n) is 2.76. The summed E-state index contributed by atoms with van der Waals surface area (Å²) in [5.41, 5.74) is -0.499. The first-order chi connectivity index (χ1) is 13.8. The maximum absolute atomic E-state index is 12.9. The fraction of sp³-hybridized carbons (Fsp3) is 0.0500. The van der Waals surface area contributed by atoms with Gasteiger partial charge in [-0.3, -0.25) is 10.1 Å². The van der Waals surface area contributed by atoms with Crippen molar-refractivity contribution in [3.63, 3.8) is 0 Å². The lowest BCUT2D eigenvalue weighted by Gasteiger charge is -2.12. The molecule has 0 aliphatic heterocycles. The van der Waals surface area contributed by atoms with Crippen LogP contribution in [0.5, 0.6) is 11.5 Å². The van der Waals surface area contributed by atoms with Crippen molar-refractivity contribution in [2.24, 2.45) is 0 Å². The molecule has 0 radical (unpaired) electrons. The molecule has 3 aromatic carbocycles. The van der Waals surface area contributed by atoms with Gasteiger partial charge in [0.05, 0.1) is 26.3 Å². The van der Waals surface area contributed by atoms with E-state index in [0.29, 0.717) is 16.6 Å². The second-order valence-electron chi connectivity index (χ2n) is 6.02. The number of thiazole rings is 1. The summed E-state index contributed by atoms with van der Waals surface area (Å²) >= 11 is 1.42. The average Bonchev–Trinajstić information content (AvgIpc) is 3.11. The molecule has 4 aromatic rings. The molecule has 0 N–H and O–H groups in total. The number of nitro groups is 1. The standard InChI is InChI=1S/C20H11F3N2O3S/c21-20(22,23)12-9-10-17(15(11-12)25(26)27)28-16-7-3-1-5-13(16)19-24-14-6-2-4-8-18(14)29-19/h1-11H. The predicted molar refractivity (Wildman–Crippen MR) is 103 cm³/mol. The molecule has 0 atom stereocenters. The van der Waals surface area contributed by atoms with E-state index in [1.165, 1.54) is 11.3 Å². The van der Waals surface area contributed by atoms with Crippen LogP contribution in [0.25, 0.3) is 20.8 Å². The Morgan fingerprint density at radius 1 is 0.966 bits per heavy atom. The summed E-state index contributed by atoms with van der Waals surface area (Å²) in [6.07, 6.45) is -4.69. The smallest absolute Gasteiger partial charge is 0.416 e. The number of hydrogen-bond acceptors (Lipinski definition) is 5. The summed E-state index contributed by atoms with van der Waals surface area (Å²) in [7, 11) is 0. The van der Waals surface area contributed by atoms with Crippen LogP contribution in [-0.2, 0) is 6.18 Å². The van der Waals surface area contributed by atoms with Gasteiger partial charge in [0.1, 0.15) is 10.8 Å². The molecule has 0 fully saturated rings. The Bertz CT molecular complexity index is 1190. The molecule has 0 aliphatic rings. The van der Waals surface area contributed by atoms with Crippen molar-refractivity contribution < 1.29 is 22.8 Å². The summed E-state index contributed by atoms with van der Waals surface area (Å²) in [4.78, 5) is 15.0. The first kappa shape index (κ1) is 18.9. The highest BCUT2D eigenvalue weighted by molar-refractivity contribution is 7.21. The molecule has 0 amide bonds. The Kier molecular flexibility index (Phi) is 4.67. The van der Waals surface area contributed by atoms with E-state index in [9.17, 15) is 23.3 Å². The maximum Gasteiger partial charge on any atom is 0.416 e. The van der Waals surface area contributed by atoms with Crippen LogP contribution in [0.1, 0.15) is 5.56 Å². The van der Waals surface area contributed by atoms with E-state index in [2.05, 4.69) is 4.98 Å². The lowest BCUT2D eigenvalue weighted by atomic mass is 10.1. The first-order valence-electron chi connectivity index (χ1n) is 8.31. The van der Waals surface area contributed by atoms with Gasteiger partial charge >= 0.3 is 11.9 Å². The van der Waals surface area contributed by atoms with Crippen LogP contribution in [0.15, 0.2) is 66.7 Å². The average molecular weight is 416 g/mol. The molecular weight excluding hydrogens is 405 g/mol. The number of para-hydroxylation sites is 2. The van der Waals surface area contributed by atoms with Crippen molar-refractivity contribution in [3.8, 4) is 22.1 Å². The number of hydrogen-bond donors (Lipinski definition) is 0. The van der Waals surface area contributed by atoms with Crippen LogP contribution < -0.4 is 4.74 Å². The van der Waals surface area contributed by atoms with Crippen LogP contribution >= 0.6 is 11.3 Å². The van der Waals surface area contributed by atoms with E-state index >= 15 is 0 Å². The zero-order chi connectivity index (χ0) is 20.6. The molecule has 146 valence electrons. The summed E-state index contributed by atoms with van der Waals surface area (Å²) in [5, 5.41) is 11.9. The first-order valence-corrected chi connectivity index (χ1v) is 9.13. The molecule has 9 heteroatoms. The van der Waals surface area contributed by atoms with Crippen molar-refractivity contribution in [2.45, 2.75) is 6.18 Å². The summed E-state index contributed by atoms with van der Waals surface area (Å²) in [6, 6.07) is 16.5. The third-order valence-electron chi connectivity index (χ3n) is 4.11. The highest BCUT2D eigenvalue weighted by Gasteiger charge is 2.33. The van der Waals surface area contributed by atoms with E-state index in [-0.39, 0.29) is 11.5 Å². The third-order valence-corrected chi connectivity index (χ3v) is 5.18. The van der Waals surface area contributed by atoms with Gasteiger partial charge in [-0.2, -0.15) is 13.2 Å². The van der Waals surface area contributed by atoms with E-state index in [0.717, 1.165) is 22.3 Å². The summed E-state index contributed by atoms with van der Waals surface area (Å²) in [5.74, 6) is -0.0222. The molecule has 4 rings (SSSR count). The molecule has 1 aromatic heterocycles. The van der Waals surface area contributed by atoms with Crippen LogP contribution in [0, 0.1) is 10.1 Å². The van der Waals surface area contributed by atoms with E-state index < -0.39 is 22.4 Å². The molecular formula is C20H11F3N2O3S. The number of nitrogens with zero attached hydrogens (tertiary/aromatic N) is 2. The van der Waals surface area contributed by atoms with Gasteiger partial charge < -0.3 is 4.74 Å². The van der Waals surface area contributed by atoms with Crippen molar-refractivity contribution in [1.82, 2.24) is 4.98 Å². The van der Waals surface area contributed by atoms with Crippen LogP contribution in [0.4, 0.5) is 18.9 Å². The molecule has 1 heterocycles. The van der Waals surface area contributed by atoms with Gasteiger partial charge in [0, 0.05) is 6.07 Å². The number of rotatable bonds is 4. The number of alkyl halides is 3. The van der Waals surface area contributed by atoms with Gasteiger partial charge in [0.2, 0.25) is 5.75 Å². The van der Waals surface area contributed by atoms with Crippen LogP contribution in [0.2, 0.25) is 0 Å². The Morgan fingerprint density at radius 2 is 1.69 bits per heavy atom. The molecule has 0 unspecified atom stereocenters. The van der Waals surface area contributed by atoms with Crippen molar-refractivity contribution in [3.05, 3.63) is 82.4 Å². The quantitative estimate of drug-likeness (QED) is 0.275. The maximum atomic E-state index is 12.9. The number of benzene rings is 3. The Hall–Kier alpha value is -3.46. The van der Waals surface area contributed by atoms with Gasteiger partial charge in [-0.25, -0.2) is 4.98 Å². The Balaban J connectivity index is 1.77. The lowest BCUT2D eigenvalue weighted by Crippen LogP contribution is -2.06. The van der Waals surface area contributed by atoms with Crippen molar-refractivity contribution >= 4 is 27.2 Å². The van der Waals surface area contributed by atoms with Gasteiger partial charge in [-0.1, -0.05) is 24.3 Å². The Labute approximate surface area is 166 Å². The molecule has 0 saturated carbocycles. The van der Waals surface area contributed by atoms with Gasteiger partial charge in [-0.15, -0.1) is 11.3 Å². The SMILES string of the molecule is O=[N+]([O-])c1cc(C(F)(F)F)ccc1Oc1ccccc1-c1nc2ccccc2s1. The minimum absolute atomic E-state index is 0.259. The molecule has 29 heavy (non-hydrogen) atoms.